The van der Waals surface area contributed by atoms with Crippen LogP contribution >= 0.6 is 11.3 Å². The highest BCUT2D eigenvalue weighted by molar-refractivity contribution is 7.92. The van der Waals surface area contributed by atoms with Crippen LogP contribution < -0.4 is 14.8 Å². The molecule has 7 nitrogen and oxygen atoms in total. The van der Waals surface area contributed by atoms with Crippen LogP contribution in [0.5, 0.6) is 5.75 Å². The number of carbonyl (C=O) groups is 1. The van der Waals surface area contributed by atoms with Crippen molar-refractivity contribution in [3.8, 4) is 16.2 Å². The van der Waals surface area contributed by atoms with Crippen LogP contribution in [0.25, 0.3) is 10.4 Å². The first-order valence-electron chi connectivity index (χ1n) is 8.52. The Kier molecular flexibility index (Phi) is 6.04. The summed E-state index contributed by atoms with van der Waals surface area (Å²) < 4.78 is 60.2. The van der Waals surface area contributed by atoms with Crippen molar-refractivity contribution in [2.75, 3.05) is 17.1 Å². The van der Waals surface area contributed by atoms with Crippen LogP contribution in [0.15, 0.2) is 41.3 Å². The lowest BCUT2D eigenvalue weighted by Gasteiger charge is -2.13. The van der Waals surface area contributed by atoms with E-state index >= 15 is 0 Å². The lowest BCUT2D eigenvalue weighted by Crippen LogP contribution is -2.15. The fourth-order valence-electron chi connectivity index (χ4n) is 2.67. The number of benzene rings is 2. The van der Waals surface area contributed by atoms with Crippen LogP contribution in [0.3, 0.4) is 0 Å². The third-order valence-electron chi connectivity index (χ3n) is 3.97. The first-order valence-corrected chi connectivity index (χ1v) is 10.8. The van der Waals surface area contributed by atoms with E-state index in [1.165, 1.54) is 37.5 Å². The molecule has 158 valence electrons. The Labute approximate surface area is 175 Å². The standard InChI is InChI=1S/C19H17F2N3O4S2/c1-10-18(29-19(22-10)23-11(2)25)12-4-7-16(28-3)17(8-12)30(26,27)24-15-6-5-13(20)9-14(15)21/h4-9,24H,1-3H3,(H,22,23,25). The van der Waals surface area contributed by atoms with Gasteiger partial charge < -0.3 is 10.1 Å². The summed E-state index contributed by atoms with van der Waals surface area (Å²) in [5.74, 6) is -2.12. The van der Waals surface area contributed by atoms with Gasteiger partial charge >= 0.3 is 0 Å². The molecule has 11 heteroatoms. The summed E-state index contributed by atoms with van der Waals surface area (Å²) in [6.45, 7) is 3.08. The summed E-state index contributed by atoms with van der Waals surface area (Å²) in [5, 5.41) is 2.96. The number of sulfonamides is 1. The molecule has 0 atom stereocenters. The fourth-order valence-corrected chi connectivity index (χ4v) is 4.94. The van der Waals surface area contributed by atoms with Crippen molar-refractivity contribution in [3.05, 3.63) is 53.7 Å². The molecule has 1 aromatic heterocycles. The smallest absolute Gasteiger partial charge is 0.265 e. The van der Waals surface area contributed by atoms with Crippen LogP contribution in [0, 0.1) is 18.6 Å². The molecule has 0 bridgehead atoms. The highest BCUT2D eigenvalue weighted by atomic mass is 32.2. The van der Waals surface area contributed by atoms with Gasteiger partial charge in [0.15, 0.2) is 5.13 Å². The summed E-state index contributed by atoms with van der Waals surface area (Å²) >= 11 is 1.18. The van der Waals surface area contributed by atoms with E-state index in [1.807, 2.05) is 0 Å². The lowest BCUT2D eigenvalue weighted by molar-refractivity contribution is -0.114. The number of thiazole rings is 1. The molecule has 30 heavy (non-hydrogen) atoms. The molecule has 0 unspecified atom stereocenters. The molecule has 0 saturated carbocycles. The number of amides is 1. The number of halogens is 2. The number of hydrogen-bond donors (Lipinski definition) is 2. The molecule has 0 aliphatic carbocycles. The first-order chi connectivity index (χ1) is 14.1. The number of nitrogens with one attached hydrogen (secondary N) is 2. The van der Waals surface area contributed by atoms with Crippen LogP contribution in [-0.2, 0) is 14.8 Å². The number of rotatable bonds is 6. The van der Waals surface area contributed by atoms with E-state index < -0.39 is 27.3 Å². The number of carbonyl (C=O) groups excluding carboxylic acids is 1. The third-order valence-corrected chi connectivity index (χ3v) is 6.48. The van der Waals surface area contributed by atoms with Crippen LogP contribution in [0.2, 0.25) is 0 Å². The molecule has 0 aliphatic heterocycles. The van der Waals surface area contributed by atoms with E-state index in [0.717, 1.165) is 12.1 Å². The van der Waals surface area contributed by atoms with E-state index in [9.17, 15) is 22.0 Å². The van der Waals surface area contributed by atoms with Crippen LogP contribution in [0.4, 0.5) is 19.6 Å². The summed E-state index contributed by atoms with van der Waals surface area (Å²) in [7, 11) is -2.97. The minimum absolute atomic E-state index is 0.0398. The number of anilines is 2. The summed E-state index contributed by atoms with van der Waals surface area (Å²) in [6.07, 6.45) is 0. The third kappa shape index (κ3) is 4.57. The molecular weight excluding hydrogens is 436 g/mol. The minimum atomic E-state index is -4.27. The Bertz CT molecular complexity index is 1230. The predicted octanol–water partition coefficient (Wildman–Crippen LogP) is 4.16. The average Bonchev–Trinajstić information content (AvgIpc) is 3.02. The molecule has 1 heterocycles. The van der Waals surface area contributed by atoms with Crippen molar-refractivity contribution in [1.82, 2.24) is 4.98 Å². The van der Waals surface area contributed by atoms with Crippen LogP contribution in [0.1, 0.15) is 12.6 Å². The van der Waals surface area contributed by atoms with Gasteiger partial charge in [-0.05, 0) is 42.8 Å². The number of aryl methyl sites for hydroxylation is 1. The number of methoxy groups -OCH3 is 1. The highest BCUT2D eigenvalue weighted by Gasteiger charge is 2.23. The quantitative estimate of drug-likeness (QED) is 0.584. The van der Waals surface area contributed by atoms with Gasteiger partial charge in [0.2, 0.25) is 5.91 Å². The molecule has 2 N–H and O–H groups in total. The largest absolute Gasteiger partial charge is 0.495 e. The second kappa shape index (κ2) is 8.36. The maximum atomic E-state index is 13.9. The highest BCUT2D eigenvalue weighted by Crippen LogP contribution is 2.37. The van der Waals surface area contributed by atoms with Crippen molar-refractivity contribution in [2.45, 2.75) is 18.7 Å². The Morgan fingerprint density at radius 3 is 2.53 bits per heavy atom. The van der Waals surface area contributed by atoms with Gasteiger partial charge in [0, 0.05) is 13.0 Å². The zero-order valence-corrected chi connectivity index (χ0v) is 17.7. The van der Waals surface area contributed by atoms with Gasteiger partial charge in [-0.1, -0.05) is 11.3 Å². The number of hydrogen-bond acceptors (Lipinski definition) is 6. The molecule has 0 radical (unpaired) electrons. The van der Waals surface area contributed by atoms with Crippen molar-refractivity contribution in [3.63, 3.8) is 0 Å². The van der Waals surface area contributed by atoms with Crippen molar-refractivity contribution >= 4 is 38.1 Å². The van der Waals surface area contributed by atoms with Gasteiger partial charge in [0.25, 0.3) is 10.0 Å². The Balaban J connectivity index is 2.04. The predicted molar refractivity (Wildman–Crippen MR) is 110 cm³/mol. The van der Waals surface area contributed by atoms with E-state index in [1.54, 1.807) is 13.0 Å². The van der Waals surface area contributed by atoms with Gasteiger partial charge in [-0.25, -0.2) is 22.2 Å². The number of ether oxygens (including phenoxy) is 1. The monoisotopic (exact) mass is 453 g/mol. The van der Waals surface area contributed by atoms with E-state index in [-0.39, 0.29) is 16.6 Å². The summed E-state index contributed by atoms with van der Waals surface area (Å²) in [4.78, 5) is 15.9. The maximum absolute atomic E-state index is 13.9. The van der Waals surface area contributed by atoms with Gasteiger partial charge in [-0.3, -0.25) is 9.52 Å². The van der Waals surface area contributed by atoms with Crippen molar-refractivity contribution in [2.24, 2.45) is 0 Å². The van der Waals surface area contributed by atoms with Crippen molar-refractivity contribution in [1.29, 1.82) is 0 Å². The van der Waals surface area contributed by atoms with Crippen molar-refractivity contribution < 1.29 is 26.7 Å². The average molecular weight is 453 g/mol. The minimum Gasteiger partial charge on any atom is -0.495 e. The zero-order chi connectivity index (χ0) is 22.1. The molecule has 0 saturated heterocycles. The molecule has 0 spiro atoms. The number of aromatic nitrogens is 1. The molecule has 3 rings (SSSR count). The Morgan fingerprint density at radius 1 is 1.17 bits per heavy atom. The van der Waals surface area contributed by atoms with Crippen LogP contribution in [-0.4, -0.2) is 26.4 Å². The molecule has 0 fully saturated rings. The van der Waals surface area contributed by atoms with Gasteiger partial charge in [-0.2, -0.15) is 0 Å². The van der Waals surface area contributed by atoms with E-state index in [2.05, 4.69) is 15.0 Å². The molecule has 0 aliphatic rings. The fraction of sp³-hybridized carbons (Fsp3) is 0.158. The van der Waals surface area contributed by atoms with Gasteiger partial charge in [-0.15, -0.1) is 0 Å². The number of nitrogens with zero attached hydrogens (tertiary/aromatic N) is 1. The van der Waals surface area contributed by atoms with Gasteiger partial charge in [0.05, 0.1) is 23.4 Å². The SMILES string of the molecule is COc1ccc(-c2sc(NC(C)=O)nc2C)cc1S(=O)(=O)Nc1ccc(F)cc1F. The first kappa shape index (κ1) is 21.7. The molecule has 3 aromatic rings. The molecule has 1 amide bonds. The van der Waals surface area contributed by atoms with E-state index in [4.69, 9.17) is 4.74 Å². The maximum Gasteiger partial charge on any atom is 0.265 e. The second-order valence-electron chi connectivity index (χ2n) is 6.21. The summed E-state index contributed by atoms with van der Waals surface area (Å²) in [6, 6.07) is 6.98. The zero-order valence-electron chi connectivity index (χ0n) is 16.1. The topological polar surface area (TPSA) is 97.4 Å². The molecule has 2 aromatic carbocycles. The lowest BCUT2D eigenvalue weighted by atomic mass is 10.1. The Hall–Kier alpha value is -3.05. The summed E-state index contributed by atoms with van der Waals surface area (Å²) in [5.41, 5.74) is 0.711. The van der Waals surface area contributed by atoms with E-state index in [0.29, 0.717) is 27.3 Å². The second-order valence-corrected chi connectivity index (χ2v) is 8.86. The normalized spacial score (nSPS) is 11.2. The molecular formula is C19H17F2N3O4S2. The Morgan fingerprint density at radius 2 is 1.90 bits per heavy atom. The van der Waals surface area contributed by atoms with Gasteiger partial charge in [0.1, 0.15) is 22.3 Å².